The zero-order chi connectivity index (χ0) is 13.1. The number of oxazole rings is 1. The highest BCUT2D eigenvalue weighted by Gasteiger charge is 2.17. The van der Waals surface area contributed by atoms with E-state index in [2.05, 4.69) is 17.2 Å². The quantitative estimate of drug-likeness (QED) is 0.662. The molecule has 0 bridgehead atoms. The van der Waals surface area contributed by atoms with Gasteiger partial charge in [-0.25, -0.2) is 0 Å². The van der Waals surface area contributed by atoms with E-state index >= 15 is 0 Å². The molecule has 7 heteroatoms. The van der Waals surface area contributed by atoms with Crippen LogP contribution in [0.25, 0.3) is 11.1 Å². The van der Waals surface area contributed by atoms with Gasteiger partial charge in [-0.05, 0) is 12.3 Å². The van der Waals surface area contributed by atoms with Gasteiger partial charge in [-0.15, -0.1) is 0 Å². The lowest BCUT2D eigenvalue weighted by atomic mass is 10.3. The number of benzene rings is 1. The van der Waals surface area contributed by atoms with E-state index in [1.165, 1.54) is 6.07 Å². The molecule has 2 aromatic rings. The van der Waals surface area contributed by atoms with E-state index in [1.54, 1.807) is 23.9 Å². The summed E-state index contributed by atoms with van der Waals surface area (Å²) in [4.78, 5) is 14.5. The first kappa shape index (κ1) is 12.7. The number of nitro groups is 1. The van der Waals surface area contributed by atoms with Crippen molar-refractivity contribution in [3.8, 4) is 0 Å². The zero-order valence-electron chi connectivity index (χ0n) is 10.0. The maximum Gasteiger partial charge on any atom is 0.298 e. The van der Waals surface area contributed by atoms with E-state index < -0.39 is 4.92 Å². The average Bonchev–Trinajstić information content (AvgIpc) is 2.77. The van der Waals surface area contributed by atoms with Crippen LogP contribution in [-0.2, 0) is 0 Å². The van der Waals surface area contributed by atoms with Crippen LogP contribution in [0.2, 0.25) is 0 Å². The van der Waals surface area contributed by atoms with Gasteiger partial charge >= 0.3 is 0 Å². The molecule has 0 aliphatic rings. The first-order valence-corrected chi connectivity index (χ1v) is 6.71. The molecule has 18 heavy (non-hydrogen) atoms. The van der Waals surface area contributed by atoms with E-state index in [0.717, 1.165) is 0 Å². The van der Waals surface area contributed by atoms with Gasteiger partial charge in [0, 0.05) is 17.9 Å². The van der Waals surface area contributed by atoms with Gasteiger partial charge in [0.25, 0.3) is 11.7 Å². The first-order valence-electron chi connectivity index (χ1n) is 5.42. The molecule has 1 unspecified atom stereocenters. The lowest BCUT2D eigenvalue weighted by Crippen LogP contribution is -2.12. The number of nitro benzene ring substituents is 1. The second-order valence-corrected chi connectivity index (χ2v) is 5.10. The van der Waals surface area contributed by atoms with E-state index in [1.807, 2.05) is 6.26 Å². The number of thioether (sulfide) groups is 1. The Balaban J connectivity index is 2.27. The largest absolute Gasteiger partial charge is 0.423 e. The third-order valence-corrected chi connectivity index (χ3v) is 3.51. The summed E-state index contributed by atoms with van der Waals surface area (Å²) in [6.45, 7) is 2.77. The predicted octanol–water partition coefficient (Wildman–Crippen LogP) is 2.90. The highest BCUT2D eigenvalue weighted by atomic mass is 32.2. The number of non-ortho nitro benzene ring substituents is 1. The second-order valence-electron chi connectivity index (χ2n) is 3.83. The molecule has 0 amide bonds. The number of hydrogen-bond acceptors (Lipinski definition) is 6. The van der Waals surface area contributed by atoms with Gasteiger partial charge in [0.05, 0.1) is 4.92 Å². The van der Waals surface area contributed by atoms with Crippen LogP contribution in [0.15, 0.2) is 22.6 Å². The minimum Gasteiger partial charge on any atom is -0.423 e. The summed E-state index contributed by atoms with van der Waals surface area (Å²) in [7, 11) is 0. The Morgan fingerprint density at radius 1 is 1.61 bits per heavy atom. The highest BCUT2D eigenvalue weighted by molar-refractivity contribution is 7.99. The number of fused-ring (bicyclic) bond motifs is 1. The molecule has 0 aliphatic heterocycles. The van der Waals surface area contributed by atoms with Crippen molar-refractivity contribution in [3.63, 3.8) is 0 Å². The molecule has 1 atom stereocenters. The molecule has 0 radical (unpaired) electrons. The van der Waals surface area contributed by atoms with Crippen molar-refractivity contribution in [2.45, 2.75) is 12.2 Å². The van der Waals surface area contributed by atoms with Crippen molar-refractivity contribution >= 4 is 34.6 Å². The normalized spacial score (nSPS) is 12.6. The van der Waals surface area contributed by atoms with Gasteiger partial charge in [-0.2, -0.15) is 16.7 Å². The van der Waals surface area contributed by atoms with Crippen LogP contribution < -0.4 is 5.32 Å². The van der Waals surface area contributed by atoms with Gasteiger partial charge in [0.1, 0.15) is 0 Å². The molecule has 2 rings (SSSR count). The fraction of sp³-hybridized carbons (Fsp3) is 0.364. The number of nitrogens with zero attached hydrogens (tertiary/aromatic N) is 2. The minimum absolute atomic E-state index is 0.0396. The summed E-state index contributed by atoms with van der Waals surface area (Å²) in [5.74, 6) is 0. The van der Waals surface area contributed by atoms with Crippen LogP contribution in [0.1, 0.15) is 6.92 Å². The van der Waals surface area contributed by atoms with Crippen LogP contribution in [0.4, 0.5) is 11.7 Å². The Labute approximate surface area is 108 Å². The average molecular weight is 267 g/mol. The molecule has 1 aromatic carbocycles. The van der Waals surface area contributed by atoms with Crippen molar-refractivity contribution < 1.29 is 9.34 Å². The molecule has 0 fully saturated rings. The number of anilines is 1. The molecule has 0 spiro atoms. The third kappa shape index (κ3) is 2.56. The molecule has 1 N–H and O–H groups in total. The first-order chi connectivity index (χ1) is 8.61. The van der Waals surface area contributed by atoms with Crippen LogP contribution in [0.5, 0.6) is 0 Å². The Hall–Kier alpha value is -1.76. The highest BCUT2D eigenvalue weighted by Crippen LogP contribution is 2.27. The van der Waals surface area contributed by atoms with Crippen molar-refractivity contribution in [3.05, 3.63) is 28.3 Å². The number of nitrogens with one attached hydrogen (secondary N) is 1. The topological polar surface area (TPSA) is 81.2 Å². The van der Waals surface area contributed by atoms with Crippen LogP contribution >= 0.6 is 11.8 Å². The Morgan fingerprint density at radius 2 is 2.39 bits per heavy atom. The molecule has 0 aliphatic carbocycles. The number of rotatable bonds is 5. The second kappa shape index (κ2) is 5.26. The van der Waals surface area contributed by atoms with Gasteiger partial charge in [-0.1, -0.05) is 13.0 Å². The van der Waals surface area contributed by atoms with Crippen molar-refractivity contribution in [1.29, 1.82) is 0 Å². The Bertz CT molecular complexity index is 570. The summed E-state index contributed by atoms with van der Waals surface area (Å²) in [6, 6.07) is 4.98. The Kier molecular flexibility index (Phi) is 3.71. The van der Waals surface area contributed by atoms with Gasteiger partial charge in [0.2, 0.25) is 0 Å². The van der Waals surface area contributed by atoms with E-state index in [9.17, 15) is 10.1 Å². The summed E-state index contributed by atoms with van der Waals surface area (Å²) in [6.07, 6.45) is 2.02. The molecule has 0 saturated heterocycles. The predicted molar refractivity (Wildman–Crippen MR) is 72.1 cm³/mol. The summed E-state index contributed by atoms with van der Waals surface area (Å²) in [5, 5.41) is 14.3. The maximum atomic E-state index is 10.8. The third-order valence-electron chi connectivity index (χ3n) is 2.54. The van der Waals surface area contributed by atoms with Gasteiger partial charge in [0.15, 0.2) is 11.1 Å². The van der Waals surface area contributed by atoms with Gasteiger partial charge in [-0.3, -0.25) is 10.1 Å². The standard InChI is InChI=1S/C11H13N3O3S/c1-7(18-2)6-12-11-13-10-8(14(15)16)4-3-5-9(10)17-11/h3-5,7H,6H2,1-2H3,(H,12,13). The number of para-hydroxylation sites is 1. The fourth-order valence-corrected chi connectivity index (χ4v) is 1.72. The summed E-state index contributed by atoms with van der Waals surface area (Å²) < 4.78 is 5.42. The van der Waals surface area contributed by atoms with Crippen LogP contribution in [0, 0.1) is 10.1 Å². The molecule has 0 saturated carbocycles. The molecule has 6 nitrogen and oxygen atoms in total. The lowest BCUT2D eigenvalue weighted by Gasteiger charge is -2.06. The van der Waals surface area contributed by atoms with Crippen molar-refractivity contribution in [2.24, 2.45) is 0 Å². The zero-order valence-corrected chi connectivity index (χ0v) is 10.9. The Morgan fingerprint density at radius 3 is 3.06 bits per heavy atom. The SMILES string of the molecule is CSC(C)CNc1nc2c([N+](=O)[O-])cccc2o1. The fourth-order valence-electron chi connectivity index (χ4n) is 1.47. The molecular weight excluding hydrogens is 254 g/mol. The van der Waals surface area contributed by atoms with E-state index in [0.29, 0.717) is 23.4 Å². The smallest absolute Gasteiger partial charge is 0.298 e. The molecule has 1 heterocycles. The van der Waals surface area contributed by atoms with Crippen molar-refractivity contribution in [2.75, 3.05) is 18.1 Å². The van der Waals surface area contributed by atoms with Crippen molar-refractivity contribution in [1.82, 2.24) is 4.98 Å². The molecule has 96 valence electrons. The summed E-state index contributed by atoms with van der Waals surface area (Å²) >= 11 is 1.72. The number of aromatic nitrogens is 1. The number of hydrogen-bond donors (Lipinski definition) is 1. The van der Waals surface area contributed by atoms with Gasteiger partial charge < -0.3 is 9.73 Å². The lowest BCUT2D eigenvalue weighted by molar-refractivity contribution is -0.383. The minimum atomic E-state index is -0.459. The van der Waals surface area contributed by atoms with E-state index in [4.69, 9.17) is 4.42 Å². The maximum absolute atomic E-state index is 10.8. The van der Waals surface area contributed by atoms with Crippen LogP contribution in [-0.4, -0.2) is 28.0 Å². The molecule has 1 aromatic heterocycles. The summed E-state index contributed by atoms with van der Waals surface area (Å²) in [5.41, 5.74) is 0.660. The van der Waals surface area contributed by atoms with E-state index in [-0.39, 0.29) is 11.2 Å². The monoisotopic (exact) mass is 267 g/mol. The molecular formula is C11H13N3O3S. The van der Waals surface area contributed by atoms with Crippen LogP contribution in [0.3, 0.4) is 0 Å².